The SMILES string of the molecule is Cc1nc(-c2cnc(Nc3ccc(OC(F)F)cc3)nc2C(F)(F)F)sc1C(=O)Nc1ccc(N2C[C@@H](C)N[C@@H](C)C2)c(F)c1. The summed E-state index contributed by atoms with van der Waals surface area (Å²) in [6.45, 7) is 3.69. The van der Waals surface area contributed by atoms with Crippen molar-refractivity contribution >= 4 is 40.3 Å². The summed E-state index contributed by atoms with van der Waals surface area (Å²) < 4.78 is 86.3. The summed E-state index contributed by atoms with van der Waals surface area (Å²) in [5.74, 6) is -1.73. The van der Waals surface area contributed by atoms with Gasteiger partial charge in [0.2, 0.25) is 5.95 Å². The lowest BCUT2D eigenvalue weighted by atomic mass is 10.1. The van der Waals surface area contributed by atoms with Gasteiger partial charge in [0.1, 0.15) is 21.5 Å². The molecule has 1 fully saturated rings. The number of aryl methyl sites for hydroxylation is 1. The summed E-state index contributed by atoms with van der Waals surface area (Å²) in [6.07, 6.45) is -3.98. The number of amides is 1. The molecule has 2 aromatic heterocycles. The summed E-state index contributed by atoms with van der Waals surface area (Å²) in [5, 5.41) is 8.42. The summed E-state index contributed by atoms with van der Waals surface area (Å²) in [4.78, 5) is 26.8. The molecule has 4 aromatic rings. The molecule has 0 aliphatic carbocycles. The molecule has 9 nitrogen and oxygen atoms in total. The van der Waals surface area contributed by atoms with E-state index in [4.69, 9.17) is 0 Å². The number of alkyl halides is 5. The maximum absolute atomic E-state index is 15.1. The lowest BCUT2D eigenvalue weighted by molar-refractivity contribution is -0.140. The third-order valence-electron chi connectivity index (χ3n) is 6.73. The van der Waals surface area contributed by atoms with Crippen LogP contribution in [0.2, 0.25) is 0 Å². The van der Waals surface area contributed by atoms with Gasteiger partial charge in [-0.2, -0.15) is 22.0 Å². The van der Waals surface area contributed by atoms with Gasteiger partial charge < -0.3 is 25.6 Å². The Bertz CT molecular complexity index is 1670. The zero-order valence-electron chi connectivity index (χ0n) is 24.0. The Morgan fingerprint density at radius 3 is 2.36 bits per heavy atom. The molecule has 45 heavy (non-hydrogen) atoms. The normalized spacial score (nSPS) is 17.0. The number of ether oxygens (including phenoxy) is 1. The number of thiazole rings is 1. The summed E-state index contributed by atoms with van der Waals surface area (Å²) in [7, 11) is 0. The second-order valence-corrected chi connectivity index (χ2v) is 11.4. The number of hydrogen-bond donors (Lipinski definition) is 3. The maximum Gasteiger partial charge on any atom is 0.434 e. The number of nitrogens with zero attached hydrogens (tertiary/aromatic N) is 4. The number of nitrogens with one attached hydrogen (secondary N) is 3. The number of aromatic nitrogens is 3. The van der Waals surface area contributed by atoms with Crippen molar-refractivity contribution in [3.05, 3.63) is 70.7 Å². The highest BCUT2D eigenvalue weighted by Gasteiger charge is 2.38. The molecule has 1 saturated heterocycles. The quantitative estimate of drug-likeness (QED) is 0.178. The van der Waals surface area contributed by atoms with Crippen molar-refractivity contribution in [2.75, 3.05) is 28.6 Å². The number of hydrogen-bond acceptors (Lipinski definition) is 9. The molecule has 1 aliphatic rings. The van der Waals surface area contributed by atoms with Gasteiger partial charge in [0.15, 0.2) is 5.69 Å². The molecule has 3 heterocycles. The molecule has 0 spiro atoms. The summed E-state index contributed by atoms with van der Waals surface area (Å²) in [5.41, 5.74) is -0.781. The van der Waals surface area contributed by atoms with Crippen molar-refractivity contribution in [3.8, 4) is 16.3 Å². The zero-order valence-corrected chi connectivity index (χ0v) is 24.9. The van der Waals surface area contributed by atoms with Crippen LogP contribution in [0.5, 0.6) is 5.75 Å². The average Bonchev–Trinajstić information content (AvgIpc) is 3.34. The monoisotopic (exact) mass is 651 g/mol. The Morgan fingerprint density at radius 2 is 1.73 bits per heavy atom. The standard InChI is InChI=1S/C29H27F6N7O2S/c1-14-12-42(13-15(2)37-14)22-9-6-18(10-21(22)30)39-25(43)23-16(3)38-26(45-23)20-11-36-28(41-24(20)29(33,34)35)40-17-4-7-19(8-5-17)44-27(31)32/h4-11,14-15,27,37H,12-13H2,1-3H3,(H,39,43)(H,36,40,41)/t14-,15+. The number of carbonyl (C=O) groups is 1. The van der Waals surface area contributed by atoms with Crippen LogP contribution in [-0.4, -0.2) is 52.6 Å². The van der Waals surface area contributed by atoms with E-state index >= 15 is 4.39 Å². The number of rotatable bonds is 8. The van der Waals surface area contributed by atoms with E-state index < -0.39 is 41.7 Å². The number of anilines is 4. The Hall–Kier alpha value is -4.44. The number of piperazine rings is 1. The van der Waals surface area contributed by atoms with Crippen LogP contribution in [-0.2, 0) is 6.18 Å². The van der Waals surface area contributed by atoms with Gasteiger partial charge in [0.25, 0.3) is 5.91 Å². The van der Waals surface area contributed by atoms with E-state index in [1.807, 2.05) is 18.7 Å². The van der Waals surface area contributed by atoms with E-state index in [0.29, 0.717) is 30.1 Å². The van der Waals surface area contributed by atoms with E-state index in [1.165, 1.54) is 37.3 Å². The van der Waals surface area contributed by atoms with Crippen LogP contribution < -0.4 is 25.6 Å². The van der Waals surface area contributed by atoms with Crippen molar-refractivity contribution in [2.45, 2.75) is 45.6 Å². The largest absolute Gasteiger partial charge is 0.435 e. The Morgan fingerprint density at radius 1 is 1.07 bits per heavy atom. The van der Waals surface area contributed by atoms with Crippen LogP contribution in [0.3, 0.4) is 0 Å². The first kappa shape index (κ1) is 32.0. The van der Waals surface area contributed by atoms with Crippen LogP contribution in [0.15, 0.2) is 48.7 Å². The van der Waals surface area contributed by atoms with Crippen LogP contribution >= 0.6 is 11.3 Å². The molecule has 2 aromatic carbocycles. The molecule has 0 unspecified atom stereocenters. The van der Waals surface area contributed by atoms with Crippen molar-refractivity contribution in [2.24, 2.45) is 0 Å². The van der Waals surface area contributed by atoms with Gasteiger partial charge in [-0.25, -0.2) is 19.3 Å². The van der Waals surface area contributed by atoms with Gasteiger partial charge in [-0.1, -0.05) is 0 Å². The third-order valence-corrected chi connectivity index (χ3v) is 7.92. The highest BCUT2D eigenvalue weighted by molar-refractivity contribution is 7.17. The second kappa shape index (κ2) is 12.9. The van der Waals surface area contributed by atoms with E-state index in [-0.39, 0.29) is 44.8 Å². The van der Waals surface area contributed by atoms with Crippen molar-refractivity contribution in [3.63, 3.8) is 0 Å². The number of benzene rings is 2. The van der Waals surface area contributed by atoms with Gasteiger partial charge in [-0.3, -0.25) is 4.79 Å². The molecule has 238 valence electrons. The van der Waals surface area contributed by atoms with Crippen LogP contribution in [0.4, 0.5) is 49.4 Å². The van der Waals surface area contributed by atoms with Gasteiger partial charge in [0, 0.05) is 42.7 Å². The molecule has 2 atom stereocenters. The fourth-order valence-corrected chi connectivity index (χ4v) is 5.91. The lowest BCUT2D eigenvalue weighted by Crippen LogP contribution is -2.54. The lowest BCUT2D eigenvalue weighted by Gasteiger charge is -2.37. The maximum atomic E-state index is 15.1. The Balaban J connectivity index is 1.34. The Kier molecular flexibility index (Phi) is 9.16. The van der Waals surface area contributed by atoms with E-state index in [9.17, 15) is 26.7 Å². The third kappa shape index (κ3) is 7.62. The first-order valence-corrected chi connectivity index (χ1v) is 14.4. The van der Waals surface area contributed by atoms with Gasteiger partial charge in [0.05, 0.1) is 16.9 Å². The molecule has 1 amide bonds. The predicted molar refractivity (Wildman–Crippen MR) is 158 cm³/mol. The van der Waals surface area contributed by atoms with E-state index in [1.54, 1.807) is 12.1 Å². The van der Waals surface area contributed by atoms with Gasteiger partial charge in [-0.05, 0) is 63.2 Å². The topological polar surface area (TPSA) is 104 Å². The molecule has 0 saturated carbocycles. The molecule has 0 radical (unpaired) electrons. The smallest absolute Gasteiger partial charge is 0.434 e. The highest BCUT2D eigenvalue weighted by atomic mass is 32.1. The average molecular weight is 652 g/mol. The molecule has 3 N–H and O–H groups in total. The minimum absolute atomic E-state index is 0.0284. The van der Waals surface area contributed by atoms with Crippen molar-refractivity contribution < 1.29 is 35.9 Å². The first-order valence-electron chi connectivity index (χ1n) is 13.6. The number of carbonyl (C=O) groups excluding carboxylic acids is 1. The van der Waals surface area contributed by atoms with Gasteiger partial charge in [-0.15, -0.1) is 11.3 Å². The fourth-order valence-electron chi connectivity index (χ4n) is 4.94. The van der Waals surface area contributed by atoms with E-state index in [0.717, 1.165) is 6.20 Å². The minimum atomic E-state index is -4.91. The van der Waals surface area contributed by atoms with E-state index in [2.05, 4.69) is 35.6 Å². The molecule has 0 bridgehead atoms. The minimum Gasteiger partial charge on any atom is -0.435 e. The van der Waals surface area contributed by atoms with Crippen LogP contribution in [0, 0.1) is 12.7 Å². The van der Waals surface area contributed by atoms with Crippen LogP contribution in [0.1, 0.15) is 34.9 Å². The van der Waals surface area contributed by atoms with Crippen LogP contribution in [0.25, 0.3) is 10.6 Å². The summed E-state index contributed by atoms with van der Waals surface area (Å²) in [6, 6.07) is 9.69. The zero-order chi connectivity index (χ0) is 32.5. The van der Waals surface area contributed by atoms with Crippen molar-refractivity contribution in [1.82, 2.24) is 20.3 Å². The number of halogens is 6. The van der Waals surface area contributed by atoms with Gasteiger partial charge >= 0.3 is 12.8 Å². The highest BCUT2D eigenvalue weighted by Crippen LogP contribution is 2.39. The molecular weight excluding hydrogens is 624 g/mol. The fraction of sp³-hybridized carbons (Fsp3) is 0.310. The predicted octanol–water partition coefficient (Wildman–Crippen LogP) is 6.85. The molecule has 5 rings (SSSR count). The molecule has 16 heteroatoms. The second-order valence-electron chi connectivity index (χ2n) is 10.4. The molecule has 1 aliphatic heterocycles. The first-order chi connectivity index (χ1) is 21.3. The van der Waals surface area contributed by atoms with Crippen molar-refractivity contribution in [1.29, 1.82) is 0 Å². The summed E-state index contributed by atoms with van der Waals surface area (Å²) >= 11 is 0.709. The molecular formula is C29H27F6N7O2S. The Labute approximate surface area is 257 Å².